The SMILES string of the molecule is COc1cc(C(C)C)cc(C2(CC(=O)O)CC2)c1O. The summed E-state index contributed by atoms with van der Waals surface area (Å²) in [7, 11) is 1.51. The molecule has 1 fully saturated rings. The summed E-state index contributed by atoms with van der Waals surface area (Å²) in [6.45, 7) is 4.12. The van der Waals surface area contributed by atoms with Crippen molar-refractivity contribution < 1.29 is 19.7 Å². The number of rotatable bonds is 5. The fourth-order valence-corrected chi connectivity index (χ4v) is 2.50. The Morgan fingerprint density at radius 2 is 2.05 bits per heavy atom. The summed E-state index contributed by atoms with van der Waals surface area (Å²) >= 11 is 0. The molecule has 1 aromatic carbocycles. The lowest BCUT2D eigenvalue weighted by Gasteiger charge is -2.19. The Morgan fingerprint density at radius 3 is 2.47 bits per heavy atom. The zero-order valence-electron chi connectivity index (χ0n) is 11.6. The number of carboxylic acid groups (broad SMARTS) is 1. The third kappa shape index (κ3) is 2.53. The Labute approximate surface area is 113 Å². The summed E-state index contributed by atoms with van der Waals surface area (Å²) < 4.78 is 5.21. The average molecular weight is 264 g/mol. The van der Waals surface area contributed by atoms with Crippen LogP contribution in [0.5, 0.6) is 11.5 Å². The molecule has 1 aliphatic carbocycles. The Bertz CT molecular complexity index is 501. The molecule has 104 valence electrons. The monoisotopic (exact) mass is 264 g/mol. The number of ether oxygens (including phenoxy) is 1. The van der Waals surface area contributed by atoms with Crippen LogP contribution in [0.15, 0.2) is 12.1 Å². The topological polar surface area (TPSA) is 66.8 Å². The van der Waals surface area contributed by atoms with Gasteiger partial charge in [0.15, 0.2) is 11.5 Å². The van der Waals surface area contributed by atoms with Gasteiger partial charge in [0.2, 0.25) is 0 Å². The highest BCUT2D eigenvalue weighted by atomic mass is 16.5. The van der Waals surface area contributed by atoms with Crippen molar-refractivity contribution in [2.75, 3.05) is 7.11 Å². The number of aliphatic carboxylic acids is 1. The molecule has 1 aliphatic rings. The smallest absolute Gasteiger partial charge is 0.304 e. The van der Waals surface area contributed by atoms with Crippen LogP contribution < -0.4 is 4.74 Å². The van der Waals surface area contributed by atoms with Crippen LogP contribution in [0.4, 0.5) is 0 Å². The number of phenolic OH excluding ortho intramolecular Hbond substituents is 1. The van der Waals surface area contributed by atoms with Gasteiger partial charge in [-0.25, -0.2) is 0 Å². The van der Waals surface area contributed by atoms with E-state index in [1.54, 1.807) is 0 Å². The summed E-state index contributed by atoms with van der Waals surface area (Å²) in [6, 6.07) is 3.75. The maximum absolute atomic E-state index is 11.0. The van der Waals surface area contributed by atoms with Crippen molar-refractivity contribution >= 4 is 5.97 Å². The van der Waals surface area contributed by atoms with Crippen molar-refractivity contribution in [3.8, 4) is 11.5 Å². The van der Waals surface area contributed by atoms with Gasteiger partial charge < -0.3 is 14.9 Å². The van der Waals surface area contributed by atoms with E-state index >= 15 is 0 Å². The molecule has 0 amide bonds. The van der Waals surface area contributed by atoms with Crippen LogP contribution in [0.1, 0.15) is 50.2 Å². The van der Waals surface area contributed by atoms with Gasteiger partial charge in [0, 0.05) is 11.0 Å². The predicted molar refractivity (Wildman–Crippen MR) is 71.9 cm³/mol. The van der Waals surface area contributed by atoms with E-state index in [4.69, 9.17) is 9.84 Å². The maximum Gasteiger partial charge on any atom is 0.304 e. The van der Waals surface area contributed by atoms with Crippen LogP contribution in [0.25, 0.3) is 0 Å². The first kappa shape index (κ1) is 13.7. The molecular weight excluding hydrogens is 244 g/mol. The maximum atomic E-state index is 11.0. The number of methoxy groups -OCH3 is 1. The fourth-order valence-electron chi connectivity index (χ4n) is 2.50. The van der Waals surface area contributed by atoms with Crippen molar-refractivity contribution in [2.24, 2.45) is 0 Å². The van der Waals surface area contributed by atoms with Crippen LogP contribution in [-0.2, 0) is 10.2 Å². The minimum Gasteiger partial charge on any atom is -0.504 e. The number of carbonyl (C=O) groups is 1. The van der Waals surface area contributed by atoms with Gasteiger partial charge in [-0.05, 0) is 30.4 Å². The second kappa shape index (κ2) is 4.76. The molecule has 4 nitrogen and oxygen atoms in total. The van der Waals surface area contributed by atoms with Gasteiger partial charge in [0.05, 0.1) is 13.5 Å². The first-order valence-electron chi connectivity index (χ1n) is 6.53. The van der Waals surface area contributed by atoms with Crippen molar-refractivity contribution in [3.05, 3.63) is 23.3 Å². The van der Waals surface area contributed by atoms with Crippen molar-refractivity contribution in [1.29, 1.82) is 0 Å². The number of aromatic hydroxyl groups is 1. The number of benzene rings is 1. The van der Waals surface area contributed by atoms with Crippen LogP contribution >= 0.6 is 0 Å². The molecule has 0 spiro atoms. The van der Waals surface area contributed by atoms with E-state index < -0.39 is 11.4 Å². The number of hydrogen-bond donors (Lipinski definition) is 2. The standard InChI is InChI=1S/C15H20O4/c1-9(2)10-6-11(14(18)12(7-10)19-3)15(4-5-15)8-13(16)17/h6-7,9,18H,4-5,8H2,1-3H3,(H,16,17). The van der Waals surface area contributed by atoms with E-state index in [9.17, 15) is 9.90 Å². The number of hydrogen-bond acceptors (Lipinski definition) is 3. The Morgan fingerprint density at radius 1 is 1.42 bits per heavy atom. The molecule has 0 unspecified atom stereocenters. The Kier molecular flexibility index (Phi) is 3.43. The lowest BCUT2D eigenvalue weighted by atomic mass is 9.88. The van der Waals surface area contributed by atoms with Gasteiger partial charge in [0.25, 0.3) is 0 Å². The number of carboxylic acids is 1. The zero-order chi connectivity index (χ0) is 14.2. The highest BCUT2D eigenvalue weighted by molar-refractivity contribution is 5.71. The highest BCUT2D eigenvalue weighted by Crippen LogP contribution is 2.55. The molecule has 0 aromatic heterocycles. The van der Waals surface area contributed by atoms with E-state index in [1.807, 2.05) is 12.1 Å². The third-order valence-corrected chi connectivity index (χ3v) is 3.90. The van der Waals surface area contributed by atoms with E-state index in [0.29, 0.717) is 11.7 Å². The summed E-state index contributed by atoms with van der Waals surface area (Å²) in [5, 5.41) is 19.3. The second-order valence-electron chi connectivity index (χ2n) is 5.62. The molecule has 1 aromatic rings. The normalized spacial score (nSPS) is 16.4. The van der Waals surface area contributed by atoms with Crippen LogP contribution in [-0.4, -0.2) is 23.3 Å². The predicted octanol–water partition coefficient (Wildman–Crippen LogP) is 3.03. The summed E-state index contributed by atoms with van der Waals surface area (Å²) in [5.41, 5.74) is 1.37. The molecule has 0 heterocycles. The first-order valence-corrected chi connectivity index (χ1v) is 6.53. The molecule has 0 radical (unpaired) electrons. The van der Waals surface area contributed by atoms with Gasteiger partial charge >= 0.3 is 5.97 Å². The van der Waals surface area contributed by atoms with Crippen LogP contribution in [0.3, 0.4) is 0 Å². The molecular formula is C15H20O4. The third-order valence-electron chi connectivity index (χ3n) is 3.90. The minimum atomic E-state index is -0.828. The molecule has 2 rings (SSSR count). The molecule has 0 saturated heterocycles. The zero-order valence-corrected chi connectivity index (χ0v) is 11.6. The van der Waals surface area contributed by atoms with E-state index in [1.165, 1.54) is 7.11 Å². The first-order chi connectivity index (χ1) is 8.89. The average Bonchev–Trinajstić information content (AvgIpc) is 3.08. The second-order valence-corrected chi connectivity index (χ2v) is 5.62. The lowest BCUT2D eigenvalue weighted by Crippen LogP contribution is -2.14. The van der Waals surface area contributed by atoms with Crippen molar-refractivity contribution in [1.82, 2.24) is 0 Å². The highest BCUT2D eigenvalue weighted by Gasteiger charge is 2.48. The summed E-state index contributed by atoms with van der Waals surface area (Å²) in [6.07, 6.45) is 1.67. The quantitative estimate of drug-likeness (QED) is 0.857. The van der Waals surface area contributed by atoms with E-state index in [-0.39, 0.29) is 12.2 Å². The van der Waals surface area contributed by atoms with Gasteiger partial charge in [0.1, 0.15) is 0 Å². The summed E-state index contributed by atoms with van der Waals surface area (Å²) in [4.78, 5) is 11.0. The largest absolute Gasteiger partial charge is 0.504 e. The molecule has 2 N–H and O–H groups in total. The van der Waals surface area contributed by atoms with Gasteiger partial charge in [-0.2, -0.15) is 0 Å². The van der Waals surface area contributed by atoms with E-state index in [2.05, 4.69) is 13.8 Å². The van der Waals surface area contributed by atoms with Crippen molar-refractivity contribution in [3.63, 3.8) is 0 Å². The summed E-state index contributed by atoms with van der Waals surface area (Å²) in [5.74, 6) is -0.0109. The molecule has 19 heavy (non-hydrogen) atoms. The molecule has 0 bridgehead atoms. The van der Waals surface area contributed by atoms with Gasteiger partial charge in [-0.1, -0.05) is 19.9 Å². The molecule has 4 heteroatoms. The van der Waals surface area contributed by atoms with Gasteiger partial charge in [-0.15, -0.1) is 0 Å². The molecule has 0 atom stereocenters. The van der Waals surface area contributed by atoms with Crippen LogP contribution in [0.2, 0.25) is 0 Å². The molecule has 0 aliphatic heterocycles. The lowest BCUT2D eigenvalue weighted by molar-refractivity contribution is -0.137. The van der Waals surface area contributed by atoms with Crippen LogP contribution in [0, 0.1) is 0 Å². The fraction of sp³-hybridized carbons (Fsp3) is 0.533. The van der Waals surface area contributed by atoms with Gasteiger partial charge in [-0.3, -0.25) is 4.79 Å². The Hall–Kier alpha value is -1.71. The Balaban J connectivity index is 2.50. The molecule has 1 saturated carbocycles. The number of phenols is 1. The van der Waals surface area contributed by atoms with E-state index in [0.717, 1.165) is 24.0 Å². The van der Waals surface area contributed by atoms with Crippen molar-refractivity contribution in [2.45, 2.75) is 44.4 Å². The minimum absolute atomic E-state index is 0.0608.